The first-order chi connectivity index (χ1) is 11.4. The predicted molar refractivity (Wildman–Crippen MR) is 99.9 cm³/mol. The number of amides is 1. The van der Waals surface area contributed by atoms with E-state index >= 15 is 0 Å². The number of nitrogens with one attached hydrogen (secondary N) is 1. The van der Waals surface area contributed by atoms with Crippen LogP contribution in [0.5, 0.6) is 0 Å². The molecule has 0 saturated carbocycles. The fraction of sp³-hybridized carbons (Fsp3) is 0.474. The van der Waals surface area contributed by atoms with E-state index in [0.717, 1.165) is 23.3 Å². The zero-order valence-electron chi connectivity index (χ0n) is 14.9. The summed E-state index contributed by atoms with van der Waals surface area (Å²) in [4.78, 5) is 24.5. The van der Waals surface area contributed by atoms with Gasteiger partial charge in [0.15, 0.2) is 6.61 Å². The SMILES string of the molecule is CSc1ccc(/C=C/C(=O)OCC(=O)N[C@H](C)CCC(C)C)cc1. The van der Waals surface area contributed by atoms with Crippen molar-refractivity contribution in [3.05, 3.63) is 35.9 Å². The fourth-order valence-corrected chi connectivity index (χ4v) is 2.44. The van der Waals surface area contributed by atoms with Crippen LogP contribution >= 0.6 is 11.8 Å². The first kappa shape index (κ1) is 20.3. The Morgan fingerprint density at radius 3 is 2.42 bits per heavy atom. The van der Waals surface area contributed by atoms with Crippen molar-refractivity contribution in [2.75, 3.05) is 12.9 Å². The third-order valence-corrected chi connectivity index (χ3v) is 4.20. The van der Waals surface area contributed by atoms with Gasteiger partial charge in [-0.25, -0.2) is 4.79 Å². The highest BCUT2D eigenvalue weighted by molar-refractivity contribution is 7.98. The third-order valence-electron chi connectivity index (χ3n) is 3.46. The van der Waals surface area contributed by atoms with Crippen LogP contribution in [-0.4, -0.2) is 30.8 Å². The molecule has 5 heteroatoms. The predicted octanol–water partition coefficient (Wildman–Crippen LogP) is 3.91. The molecule has 0 bridgehead atoms. The Morgan fingerprint density at radius 1 is 1.17 bits per heavy atom. The van der Waals surface area contributed by atoms with Gasteiger partial charge >= 0.3 is 5.97 Å². The van der Waals surface area contributed by atoms with Gasteiger partial charge in [0.2, 0.25) is 0 Å². The van der Waals surface area contributed by atoms with Crippen molar-refractivity contribution in [2.24, 2.45) is 5.92 Å². The molecule has 0 radical (unpaired) electrons. The number of hydrogen-bond acceptors (Lipinski definition) is 4. The van der Waals surface area contributed by atoms with Gasteiger partial charge in [0.05, 0.1) is 0 Å². The van der Waals surface area contributed by atoms with Crippen molar-refractivity contribution in [3.8, 4) is 0 Å². The average molecular weight is 349 g/mol. The van der Waals surface area contributed by atoms with Gasteiger partial charge in [0.25, 0.3) is 5.91 Å². The van der Waals surface area contributed by atoms with Gasteiger partial charge in [-0.1, -0.05) is 26.0 Å². The minimum absolute atomic E-state index is 0.0871. The lowest BCUT2D eigenvalue weighted by Crippen LogP contribution is -2.35. The van der Waals surface area contributed by atoms with Crippen LogP contribution in [0.3, 0.4) is 0 Å². The molecule has 1 aromatic carbocycles. The second-order valence-electron chi connectivity index (χ2n) is 6.15. The Morgan fingerprint density at radius 2 is 1.83 bits per heavy atom. The molecule has 1 aromatic rings. The molecule has 0 aromatic heterocycles. The summed E-state index contributed by atoms with van der Waals surface area (Å²) in [6.07, 6.45) is 7.00. The van der Waals surface area contributed by atoms with E-state index in [1.807, 2.05) is 37.4 Å². The molecule has 0 aliphatic carbocycles. The number of esters is 1. The number of carbonyl (C=O) groups is 2. The molecule has 0 heterocycles. The van der Waals surface area contributed by atoms with E-state index in [9.17, 15) is 9.59 Å². The van der Waals surface area contributed by atoms with Crippen LogP contribution in [0.4, 0.5) is 0 Å². The van der Waals surface area contributed by atoms with E-state index in [2.05, 4.69) is 19.2 Å². The molecule has 1 N–H and O–H groups in total. The van der Waals surface area contributed by atoms with Crippen molar-refractivity contribution in [2.45, 2.75) is 44.6 Å². The third kappa shape index (κ3) is 8.77. The molecule has 0 fully saturated rings. The highest BCUT2D eigenvalue weighted by atomic mass is 32.2. The maximum Gasteiger partial charge on any atom is 0.331 e. The Bertz CT molecular complexity index is 552. The van der Waals surface area contributed by atoms with Gasteiger partial charge in [0, 0.05) is 17.0 Å². The Labute approximate surface area is 149 Å². The van der Waals surface area contributed by atoms with Gasteiger partial charge in [-0.05, 0) is 55.7 Å². The van der Waals surface area contributed by atoms with E-state index in [1.165, 1.54) is 6.08 Å². The van der Waals surface area contributed by atoms with E-state index in [1.54, 1.807) is 17.8 Å². The van der Waals surface area contributed by atoms with Crippen LogP contribution in [0, 0.1) is 5.92 Å². The quantitative estimate of drug-likeness (QED) is 0.417. The zero-order chi connectivity index (χ0) is 17.9. The van der Waals surface area contributed by atoms with Crippen LogP contribution in [0.15, 0.2) is 35.2 Å². The summed E-state index contributed by atoms with van der Waals surface area (Å²) in [6, 6.07) is 7.92. The molecule has 0 spiro atoms. The van der Waals surface area contributed by atoms with E-state index < -0.39 is 5.97 Å². The molecule has 0 aliphatic heterocycles. The lowest BCUT2D eigenvalue weighted by atomic mass is 10.0. The molecule has 0 aliphatic rings. The molecule has 4 nitrogen and oxygen atoms in total. The first-order valence-corrected chi connectivity index (χ1v) is 9.41. The van der Waals surface area contributed by atoms with Crippen LogP contribution in [0.1, 0.15) is 39.2 Å². The van der Waals surface area contributed by atoms with Gasteiger partial charge in [-0.2, -0.15) is 0 Å². The molecular formula is C19H27NO3S. The summed E-state index contributed by atoms with van der Waals surface area (Å²) >= 11 is 1.66. The van der Waals surface area contributed by atoms with Crippen molar-refractivity contribution < 1.29 is 14.3 Å². The molecule has 1 atom stereocenters. The van der Waals surface area contributed by atoms with E-state index in [-0.39, 0.29) is 18.6 Å². The smallest absolute Gasteiger partial charge is 0.331 e. The van der Waals surface area contributed by atoms with E-state index in [0.29, 0.717) is 5.92 Å². The Balaban J connectivity index is 2.31. The van der Waals surface area contributed by atoms with Crippen LogP contribution < -0.4 is 5.32 Å². The number of carbonyl (C=O) groups excluding carboxylic acids is 2. The Hall–Kier alpha value is -1.75. The highest BCUT2D eigenvalue weighted by Gasteiger charge is 2.09. The number of rotatable bonds is 9. The zero-order valence-corrected chi connectivity index (χ0v) is 15.7. The number of ether oxygens (including phenoxy) is 1. The summed E-state index contributed by atoms with van der Waals surface area (Å²) < 4.78 is 4.96. The van der Waals surface area contributed by atoms with Crippen molar-refractivity contribution in [1.82, 2.24) is 5.32 Å². The molecule has 24 heavy (non-hydrogen) atoms. The van der Waals surface area contributed by atoms with Gasteiger partial charge in [-0.15, -0.1) is 11.8 Å². The average Bonchev–Trinajstić information content (AvgIpc) is 2.56. The monoisotopic (exact) mass is 349 g/mol. The molecule has 1 rings (SSSR count). The molecule has 132 valence electrons. The fourth-order valence-electron chi connectivity index (χ4n) is 2.04. The lowest BCUT2D eigenvalue weighted by Gasteiger charge is -2.14. The van der Waals surface area contributed by atoms with Crippen molar-refractivity contribution in [1.29, 1.82) is 0 Å². The molecule has 0 saturated heterocycles. The molecule has 1 amide bonds. The van der Waals surface area contributed by atoms with Gasteiger partial charge in [-0.3, -0.25) is 4.79 Å². The minimum atomic E-state index is -0.520. The lowest BCUT2D eigenvalue weighted by molar-refractivity contribution is -0.144. The normalized spacial score (nSPS) is 12.4. The van der Waals surface area contributed by atoms with Crippen molar-refractivity contribution in [3.63, 3.8) is 0 Å². The van der Waals surface area contributed by atoms with Gasteiger partial charge in [0.1, 0.15) is 0 Å². The van der Waals surface area contributed by atoms with Crippen LogP contribution in [0.2, 0.25) is 0 Å². The standard InChI is InChI=1S/C19H27NO3S/c1-14(2)5-6-15(3)20-18(21)13-23-19(22)12-9-16-7-10-17(24-4)11-8-16/h7-12,14-15H,5-6,13H2,1-4H3,(H,20,21)/b12-9+/t15-/m1/s1. The molecule has 0 unspecified atom stereocenters. The van der Waals surface area contributed by atoms with Crippen LogP contribution in [-0.2, 0) is 14.3 Å². The highest BCUT2D eigenvalue weighted by Crippen LogP contribution is 2.15. The summed E-state index contributed by atoms with van der Waals surface area (Å²) in [5.41, 5.74) is 0.913. The number of hydrogen-bond donors (Lipinski definition) is 1. The minimum Gasteiger partial charge on any atom is -0.452 e. The Kier molecular flexibility index (Phi) is 9.23. The second kappa shape index (κ2) is 10.9. The first-order valence-electron chi connectivity index (χ1n) is 8.19. The summed E-state index contributed by atoms with van der Waals surface area (Å²) in [5, 5.41) is 2.83. The van der Waals surface area contributed by atoms with Crippen molar-refractivity contribution >= 4 is 29.7 Å². The largest absolute Gasteiger partial charge is 0.452 e. The number of thioether (sulfide) groups is 1. The van der Waals surface area contributed by atoms with Crippen LogP contribution in [0.25, 0.3) is 6.08 Å². The number of benzene rings is 1. The maximum atomic E-state index is 11.7. The summed E-state index contributed by atoms with van der Waals surface area (Å²) in [6.45, 7) is 6.01. The maximum absolute atomic E-state index is 11.7. The van der Waals surface area contributed by atoms with Gasteiger partial charge < -0.3 is 10.1 Å². The summed E-state index contributed by atoms with van der Waals surface area (Å²) in [7, 11) is 0. The second-order valence-corrected chi connectivity index (χ2v) is 7.03. The molecular weight excluding hydrogens is 322 g/mol. The topological polar surface area (TPSA) is 55.4 Å². The summed E-state index contributed by atoms with van der Waals surface area (Å²) in [5.74, 6) is -0.177. The van der Waals surface area contributed by atoms with E-state index in [4.69, 9.17) is 4.74 Å².